The van der Waals surface area contributed by atoms with Crippen LogP contribution < -0.4 is 0 Å². The van der Waals surface area contributed by atoms with Crippen LogP contribution in [0.3, 0.4) is 0 Å². The molecule has 0 amide bonds. The molecule has 3 heteroatoms. The first kappa shape index (κ1) is 13.5. The van der Waals surface area contributed by atoms with E-state index in [4.69, 9.17) is 0 Å². The lowest BCUT2D eigenvalue weighted by molar-refractivity contribution is -0.109. The van der Waals surface area contributed by atoms with Gasteiger partial charge in [0.25, 0.3) is 0 Å². The smallest absolute Gasteiger partial charge is 0.185 e. The zero-order valence-corrected chi connectivity index (χ0v) is 10.8. The molecule has 0 atom stereocenters. The van der Waals surface area contributed by atoms with Crippen LogP contribution >= 0.6 is 11.8 Å². The first-order valence-electron chi connectivity index (χ1n) is 5.31. The minimum absolute atomic E-state index is 0.123. The molecule has 2 nitrogen and oxygen atoms in total. The molecule has 1 rings (SSSR count). The summed E-state index contributed by atoms with van der Waals surface area (Å²) in [7, 11) is 0. The molecule has 0 heterocycles. The Kier molecular flexibility index (Phi) is 5.51. The Morgan fingerprint density at radius 1 is 1.47 bits per heavy atom. The molecule has 88 valence electrons. The van der Waals surface area contributed by atoms with Gasteiger partial charge in [-0.2, -0.15) is 0 Å². The van der Waals surface area contributed by atoms with E-state index in [1.807, 2.05) is 19.1 Å². The van der Waals surface area contributed by atoms with Crippen LogP contribution in [0, 0.1) is 18.8 Å². The van der Waals surface area contributed by atoms with Gasteiger partial charge in [0.1, 0.15) is 6.29 Å². The van der Waals surface area contributed by atoms with Crippen LogP contribution in [0.5, 0.6) is 0 Å². The molecule has 17 heavy (non-hydrogen) atoms. The Bertz CT molecular complexity index is 481. The molecule has 0 aliphatic rings. The second-order valence-electron chi connectivity index (χ2n) is 3.58. The van der Waals surface area contributed by atoms with E-state index in [0.717, 1.165) is 23.2 Å². The lowest BCUT2D eigenvalue weighted by atomic mass is 10.1. The highest BCUT2D eigenvalue weighted by molar-refractivity contribution is 8.13. The van der Waals surface area contributed by atoms with Gasteiger partial charge in [0.15, 0.2) is 5.12 Å². The minimum Gasteiger partial charge on any atom is -0.298 e. The fraction of sp³-hybridized carbons (Fsp3) is 0.286. The van der Waals surface area contributed by atoms with Crippen molar-refractivity contribution in [2.45, 2.75) is 20.3 Å². The lowest BCUT2D eigenvalue weighted by Crippen LogP contribution is -1.87. The van der Waals surface area contributed by atoms with Gasteiger partial charge < -0.3 is 0 Å². The third-order valence-corrected chi connectivity index (χ3v) is 2.98. The fourth-order valence-corrected chi connectivity index (χ4v) is 1.79. The predicted octanol–water partition coefficient (Wildman–Crippen LogP) is 2.83. The van der Waals surface area contributed by atoms with Crippen molar-refractivity contribution >= 4 is 23.2 Å². The van der Waals surface area contributed by atoms with Crippen molar-refractivity contribution in [3.8, 4) is 11.8 Å². The average Bonchev–Trinajstić information content (AvgIpc) is 2.28. The van der Waals surface area contributed by atoms with E-state index in [9.17, 15) is 9.59 Å². The minimum atomic E-state index is 0.123. The molecule has 0 fully saturated rings. The number of carbonyl (C=O) groups excluding carboxylic acids is 2. The summed E-state index contributed by atoms with van der Waals surface area (Å²) >= 11 is 1.29. The maximum Gasteiger partial charge on any atom is 0.185 e. The van der Waals surface area contributed by atoms with Crippen LogP contribution in [0.1, 0.15) is 34.8 Å². The number of aryl methyl sites for hydroxylation is 1. The second kappa shape index (κ2) is 6.93. The Balaban J connectivity index is 2.57. The summed E-state index contributed by atoms with van der Waals surface area (Å²) in [4.78, 5) is 21.3. The highest BCUT2D eigenvalue weighted by Crippen LogP contribution is 2.08. The highest BCUT2D eigenvalue weighted by Gasteiger charge is 1.96. The average molecular weight is 246 g/mol. The van der Waals surface area contributed by atoms with Crippen molar-refractivity contribution in [2.75, 3.05) is 5.75 Å². The normalized spacial score (nSPS) is 9.29. The molecular formula is C14H14O2S. The van der Waals surface area contributed by atoms with Crippen LogP contribution in [-0.2, 0) is 4.79 Å². The van der Waals surface area contributed by atoms with Crippen molar-refractivity contribution < 1.29 is 9.59 Å². The van der Waals surface area contributed by atoms with Crippen molar-refractivity contribution in [1.82, 2.24) is 0 Å². The first-order valence-corrected chi connectivity index (χ1v) is 6.30. The monoisotopic (exact) mass is 246 g/mol. The number of hydrogen-bond acceptors (Lipinski definition) is 3. The van der Waals surface area contributed by atoms with E-state index in [1.165, 1.54) is 11.8 Å². The zero-order chi connectivity index (χ0) is 12.7. The number of hydrogen-bond donors (Lipinski definition) is 0. The van der Waals surface area contributed by atoms with Gasteiger partial charge in [-0.25, -0.2) is 0 Å². The molecule has 0 N–H and O–H groups in total. The predicted molar refractivity (Wildman–Crippen MR) is 71.2 cm³/mol. The van der Waals surface area contributed by atoms with E-state index >= 15 is 0 Å². The summed E-state index contributed by atoms with van der Waals surface area (Å²) in [6.45, 7) is 3.44. The molecule has 0 unspecified atom stereocenters. The second-order valence-corrected chi connectivity index (χ2v) is 4.85. The van der Waals surface area contributed by atoms with Gasteiger partial charge >= 0.3 is 0 Å². The Morgan fingerprint density at radius 2 is 2.24 bits per heavy atom. The van der Waals surface area contributed by atoms with Gasteiger partial charge in [0.2, 0.25) is 0 Å². The SMILES string of the molecule is CC(=O)SCCC#Cc1ccc(C=O)c(C)c1. The van der Waals surface area contributed by atoms with Crippen molar-refractivity contribution in [2.24, 2.45) is 0 Å². The molecule has 0 saturated carbocycles. The molecule has 0 spiro atoms. The number of thioether (sulfide) groups is 1. The van der Waals surface area contributed by atoms with Gasteiger partial charge in [0, 0.05) is 30.2 Å². The summed E-state index contributed by atoms with van der Waals surface area (Å²) in [6, 6.07) is 5.51. The molecule has 0 aromatic heterocycles. The molecule has 0 saturated heterocycles. The molecule has 1 aromatic carbocycles. The summed E-state index contributed by atoms with van der Waals surface area (Å²) in [5.41, 5.74) is 2.54. The van der Waals surface area contributed by atoms with Crippen LogP contribution in [-0.4, -0.2) is 17.2 Å². The summed E-state index contributed by atoms with van der Waals surface area (Å²) in [5.74, 6) is 6.76. The molecule has 0 radical (unpaired) electrons. The van der Waals surface area contributed by atoms with Gasteiger partial charge in [-0.05, 0) is 24.6 Å². The molecular weight excluding hydrogens is 232 g/mol. The summed E-state index contributed by atoms with van der Waals surface area (Å²) in [6.07, 6.45) is 1.54. The van der Waals surface area contributed by atoms with Crippen molar-refractivity contribution in [3.05, 3.63) is 34.9 Å². The maximum absolute atomic E-state index is 10.7. The zero-order valence-electron chi connectivity index (χ0n) is 9.95. The topological polar surface area (TPSA) is 34.1 Å². The molecule has 0 bridgehead atoms. The van der Waals surface area contributed by atoms with Crippen LogP contribution in [0.15, 0.2) is 18.2 Å². The quantitative estimate of drug-likeness (QED) is 0.467. The van der Waals surface area contributed by atoms with Gasteiger partial charge in [-0.15, -0.1) is 0 Å². The van der Waals surface area contributed by atoms with Crippen LogP contribution in [0.4, 0.5) is 0 Å². The number of carbonyl (C=O) groups is 2. The fourth-order valence-electron chi connectivity index (χ4n) is 1.30. The van der Waals surface area contributed by atoms with Crippen molar-refractivity contribution in [3.63, 3.8) is 0 Å². The van der Waals surface area contributed by atoms with E-state index in [0.29, 0.717) is 12.0 Å². The standard InChI is InChI=1S/C14H14O2S/c1-11-9-13(6-7-14(11)10-15)5-3-4-8-17-12(2)16/h6-7,9-10H,4,8H2,1-2H3. The largest absolute Gasteiger partial charge is 0.298 e. The van der Waals surface area contributed by atoms with E-state index in [-0.39, 0.29) is 5.12 Å². The lowest BCUT2D eigenvalue weighted by Gasteiger charge is -1.97. The summed E-state index contributed by atoms with van der Waals surface area (Å²) in [5, 5.41) is 0.123. The Hall–Kier alpha value is -1.53. The molecule has 0 aliphatic carbocycles. The van der Waals surface area contributed by atoms with Crippen molar-refractivity contribution in [1.29, 1.82) is 0 Å². The van der Waals surface area contributed by atoms with E-state index < -0.39 is 0 Å². The van der Waals surface area contributed by atoms with E-state index in [2.05, 4.69) is 11.8 Å². The van der Waals surface area contributed by atoms with Gasteiger partial charge in [0.05, 0.1) is 0 Å². The van der Waals surface area contributed by atoms with Crippen LogP contribution in [0.25, 0.3) is 0 Å². The summed E-state index contributed by atoms with van der Waals surface area (Å²) < 4.78 is 0. The maximum atomic E-state index is 10.7. The third-order valence-electron chi connectivity index (χ3n) is 2.16. The first-order chi connectivity index (χ1) is 8.13. The van der Waals surface area contributed by atoms with Gasteiger partial charge in [-0.1, -0.05) is 29.7 Å². The highest BCUT2D eigenvalue weighted by atomic mass is 32.2. The number of rotatable bonds is 3. The Morgan fingerprint density at radius 3 is 2.82 bits per heavy atom. The third kappa shape index (κ3) is 4.88. The van der Waals surface area contributed by atoms with Crippen LogP contribution in [0.2, 0.25) is 0 Å². The molecule has 0 aliphatic heterocycles. The molecule has 1 aromatic rings. The van der Waals surface area contributed by atoms with Gasteiger partial charge in [-0.3, -0.25) is 9.59 Å². The number of benzene rings is 1. The van der Waals surface area contributed by atoms with E-state index in [1.54, 1.807) is 13.0 Å². The number of aldehydes is 1. The Labute approximate surface area is 106 Å².